The second-order valence-electron chi connectivity index (χ2n) is 6.35. The van der Waals surface area contributed by atoms with Crippen LogP contribution in [0.25, 0.3) is 11.4 Å². The minimum absolute atomic E-state index is 0.0388. The Morgan fingerprint density at radius 2 is 1.92 bits per heavy atom. The van der Waals surface area contributed by atoms with Crippen molar-refractivity contribution in [3.8, 4) is 11.4 Å². The minimum atomic E-state index is -3.23. The Bertz CT molecular complexity index is 868. The summed E-state index contributed by atoms with van der Waals surface area (Å²) in [6.07, 6.45) is 2.71. The van der Waals surface area contributed by atoms with Crippen LogP contribution in [-0.2, 0) is 9.84 Å². The number of amides is 2. The fraction of sp³-hybridized carbons (Fsp3) is 0.471. The van der Waals surface area contributed by atoms with E-state index in [1.165, 1.54) is 18.4 Å². The lowest BCUT2D eigenvalue weighted by Gasteiger charge is -2.30. The zero-order valence-corrected chi connectivity index (χ0v) is 15.6. The van der Waals surface area contributed by atoms with Gasteiger partial charge >= 0.3 is 6.03 Å². The van der Waals surface area contributed by atoms with E-state index in [2.05, 4.69) is 15.5 Å². The number of aromatic nitrogens is 2. The highest BCUT2D eigenvalue weighted by molar-refractivity contribution is 7.90. The van der Waals surface area contributed by atoms with Crippen molar-refractivity contribution in [2.75, 3.05) is 25.9 Å². The lowest BCUT2D eigenvalue weighted by molar-refractivity contribution is 0.176. The molecule has 2 heterocycles. The van der Waals surface area contributed by atoms with E-state index < -0.39 is 9.84 Å². The summed E-state index contributed by atoms with van der Waals surface area (Å²) >= 11 is 0. The van der Waals surface area contributed by atoms with Crippen molar-refractivity contribution in [1.29, 1.82) is 0 Å². The summed E-state index contributed by atoms with van der Waals surface area (Å²) in [4.78, 5) is 18.4. The van der Waals surface area contributed by atoms with E-state index in [4.69, 9.17) is 4.52 Å². The number of likely N-dealkylation sites (tertiary alicyclic amines) is 1. The number of benzene rings is 1. The molecule has 0 bridgehead atoms. The summed E-state index contributed by atoms with van der Waals surface area (Å²) in [6.45, 7) is 3.81. The number of nitrogens with zero attached hydrogens (tertiary/aromatic N) is 3. The average Bonchev–Trinajstić information content (AvgIpc) is 3.11. The molecule has 1 fully saturated rings. The van der Waals surface area contributed by atoms with Crippen molar-refractivity contribution in [2.24, 2.45) is 0 Å². The second-order valence-corrected chi connectivity index (χ2v) is 8.37. The minimum Gasteiger partial charge on any atom is -0.339 e. The predicted molar refractivity (Wildman–Crippen MR) is 95.5 cm³/mol. The van der Waals surface area contributed by atoms with Gasteiger partial charge in [-0.05, 0) is 44.0 Å². The van der Waals surface area contributed by atoms with Crippen molar-refractivity contribution in [1.82, 2.24) is 20.4 Å². The van der Waals surface area contributed by atoms with Gasteiger partial charge in [0.2, 0.25) is 11.7 Å². The number of sulfone groups is 1. The molecule has 1 N–H and O–H groups in total. The van der Waals surface area contributed by atoms with E-state index in [1.807, 2.05) is 6.92 Å². The molecule has 0 aliphatic carbocycles. The van der Waals surface area contributed by atoms with E-state index >= 15 is 0 Å². The molecular formula is C17H22N4O4S. The molecule has 2 aromatic rings. The van der Waals surface area contributed by atoms with Crippen LogP contribution in [0.4, 0.5) is 4.79 Å². The van der Waals surface area contributed by atoms with Crippen LogP contribution in [-0.4, -0.2) is 55.4 Å². The lowest BCUT2D eigenvalue weighted by Crippen LogP contribution is -2.44. The molecule has 1 aromatic carbocycles. The Kier molecular flexibility index (Phi) is 5.26. The van der Waals surface area contributed by atoms with Crippen LogP contribution in [0.3, 0.4) is 0 Å². The molecule has 2 amide bonds. The maximum absolute atomic E-state index is 11.8. The van der Waals surface area contributed by atoms with Crippen LogP contribution >= 0.6 is 0 Å². The zero-order valence-electron chi connectivity index (χ0n) is 14.8. The van der Waals surface area contributed by atoms with Crippen LogP contribution in [0.1, 0.15) is 31.6 Å². The molecule has 3 rings (SSSR count). The Labute approximate surface area is 152 Å². The fourth-order valence-electron chi connectivity index (χ4n) is 2.96. The van der Waals surface area contributed by atoms with Gasteiger partial charge in [0, 0.05) is 37.4 Å². The molecule has 1 aromatic heterocycles. The first-order valence-corrected chi connectivity index (χ1v) is 10.4. The smallest absolute Gasteiger partial charge is 0.317 e. The molecular weight excluding hydrogens is 356 g/mol. The topological polar surface area (TPSA) is 105 Å². The molecule has 1 saturated heterocycles. The molecule has 1 aliphatic rings. The first-order valence-electron chi connectivity index (χ1n) is 8.55. The maximum Gasteiger partial charge on any atom is 0.317 e. The van der Waals surface area contributed by atoms with Gasteiger partial charge in [0.25, 0.3) is 0 Å². The molecule has 0 saturated carbocycles. The number of carbonyl (C=O) groups is 1. The highest BCUT2D eigenvalue weighted by Gasteiger charge is 2.27. The molecule has 0 atom stereocenters. The monoisotopic (exact) mass is 378 g/mol. The first-order chi connectivity index (χ1) is 12.4. The van der Waals surface area contributed by atoms with Gasteiger partial charge in [0.1, 0.15) is 0 Å². The highest BCUT2D eigenvalue weighted by atomic mass is 32.2. The molecule has 0 radical (unpaired) electrons. The van der Waals surface area contributed by atoms with Crippen molar-refractivity contribution in [3.63, 3.8) is 0 Å². The highest BCUT2D eigenvalue weighted by Crippen LogP contribution is 2.28. The average molecular weight is 378 g/mol. The number of hydrogen-bond acceptors (Lipinski definition) is 6. The van der Waals surface area contributed by atoms with Crippen LogP contribution in [0.2, 0.25) is 0 Å². The summed E-state index contributed by atoms with van der Waals surface area (Å²) in [6, 6.07) is 6.37. The number of nitrogens with one attached hydrogen (secondary N) is 1. The third kappa shape index (κ3) is 4.04. The predicted octanol–water partition coefficient (Wildman–Crippen LogP) is 2.05. The Morgan fingerprint density at radius 1 is 1.27 bits per heavy atom. The molecule has 9 heteroatoms. The zero-order chi connectivity index (χ0) is 18.7. The number of urea groups is 1. The standard InChI is InChI=1S/C17H22N4O4S/c1-3-18-17(22)21-10-8-13(9-11-21)16-19-15(20-25-16)12-4-6-14(7-5-12)26(2,23)24/h4-7,13H,3,8-11H2,1-2H3,(H,18,22). The fourth-order valence-corrected chi connectivity index (χ4v) is 3.59. The van der Waals surface area contributed by atoms with Crippen molar-refractivity contribution < 1.29 is 17.7 Å². The number of piperidine rings is 1. The van der Waals surface area contributed by atoms with Gasteiger partial charge in [-0.1, -0.05) is 5.16 Å². The Hall–Kier alpha value is -2.42. The van der Waals surface area contributed by atoms with Crippen LogP contribution in [0.15, 0.2) is 33.7 Å². The van der Waals surface area contributed by atoms with Gasteiger partial charge in [0.05, 0.1) is 4.90 Å². The Morgan fingerprint density at radius 3 is 2.50 bits per heavy atom. The molecule has 140 valence electrons. The normalized spacial score (nSPS) is 15.8. The van der Waals surface area contributed by atoms with Gasteiger partial charge < -0.3 is 14.7 Å². The van der Waals surface area contributed by atoms with Gasteiger partial charge in [-0.25, -0.2) is 13.2 Å². The van der Waals surface area contributed by atoms with E-state index in [0.717, 1.165) is 12.8 Å². The van der Waals surface area contributed by atoms with Gasteiger partial charge in [-0.2, -0.15) is 4.98 Å². The summed E-state index contributed by atoms with van der Waals surface area (Å²) in [7, 11) is -3.23. The third-order valence-corrected chi connectivity index (χ3v) is 5.57. The van der Waals surface area contributed by atoms with Crippen LogP contribution in [0.5, 0.6) is 0 Å². The second kappa shape index (κ2) is 7.45. The number of rotatable bonds is 4. The van der Waals surface area contributed by atoms with E-state index in [-0.39, 0.29) is 16.8 Å². The Balaban J connectivity index is 1.66. The van der Waals surface area contributed by atoms with Crippen LogP contribution in [0, 0.1) is 0 Å². The summed E-state index contributed by atoms with van der Waals surface area (Å²) < 4.78 is 28.4. The van der Waals surface area contributed by atoms with Gasteiger partial charge in [-0.3, -0.25) is 0 Å². The van der Waals surface area contributed by atoms with Crippen molar-refractivity contribution in [3.05, 3.63) is 30.2 Å². The van der Waals surface area contributed by atoms with Gasteiger partial charge in [-0.15, -0.1) is 0 Å². The van der Waals surface area contributed by atoms with Gasteiger partial charge in [0.15, 0.2) is 9.84 Å². The summed E-state index contributed by atoms with van der Waals surface area (Å²) in [5, 5.41) is 6.81. The number of carbonyl (C=O) groups excluding carboxylic acids is 1. The molecule has 26 heavy (non-hydrogen) atoms. The molecule has 8 nitrogen and oxygen atoms in total. The SMILES string of the molecule is CCNC(=O)N1CCC(c2nc(-c3ccc(S(C)(=O)=O)cc3)no2)CC1. The largest absolute Gasteiger partial charge is 0.339 e. The van der Waals surface area contributed by atoms with E-state index in [0.29, 0.717) is 36.9 Å². The number of hydrogen-bond donors (Lipinski definition) is 1. The molecule has 0 unspecified atom stereocenters. The van der Waals surface area contributed by atoms with E-state index in [1.54, 1.807) is 17.0 Å². The quantitative estimate of drug-likeness (QED) is 0.873. The molecule has 0 spiro atoms. The first kappa shape index (κ1) is 18.4. The summed E-state index contributed by atoms with van der Waals surface area (Å²) in [5.41, 5.74) is 0.701. The van der Waals surface area contributed by atoms with Crippen LogP contribution < -0.4 is 5.32 Å². The lowest BCUT2D eigenvalue weighted by atomic mass is 9.97. The van der Waals surface area contributed by atoms with Crippen molar-refractivity contribution >= 4 is 15.9 Å². The van der Waals surface area contributed by atoms with Crippen molar-refractivity contribution in [2.45, 2.75) is 30.6 Å². The van der Waals surface area contributed by atoms with E-state index in [9.17, 15) is 13.2 Å². The molecule has 1 aliphatic heterocycles. The maximum atomic E-state index is 11.8. The third-order valence-electron chi connectivity index (χ3n) is 4.44. The summed E-state index contributed by atoms with van der Waals surface area (Å²) in [5.74, 6) is 1.12.